The van der Waals surface area contributed by atoms with E-state index in [1.807, 2.05) is 24.3 Å². The van der Waals surface area contributed by atoms with Crippen molar-refractivity contribution in [3.8, 4) is 11.4 Å². The summed E-state index contributed by atoms with van der Waals surface area (Å²) in [7, 11) is 1.68. The smallest absolute Gasteiger partial charge is 0.182 e. The van der Waals surface area contributed by atoms with Gasteiger partial charge in [0, 0.05) is 31.5 Å². The molecule has 6 nitrogen and oxygen atoms in total. The standard InChI is InChI=1S/C11H15N5O/c1-17-7-3-6-16-11(13-14-15-16)9-4-2-5-10(12)8-9/h2,4-5,8H,3,6-7,12H2,1H3. The third kappa shape index (κ3) is 2.79. The van der Waals surface area contributed by atoms with Gasteiger partial charge in [0.25, 0.3) is 0 Å². The minimum absolute atomic E-state index is 0.691. The fourth-order valence-electron chi connectivity index (χ4n) is 1.60. The first kappa shape index (κ1) is 11.5. The van der Waals surface area contributed by atoms with Crippen molar-refractivity contribution >= 4 is 5.69 Å². The predicted molar refractivity (Wildman–Crippen MR) is 64.2 cm³/mol. The first-order valence-electron chi connectivity index (χ1n) is 5.42. The SMILES string of the molecule is COCCCn1nnnc1-c1cccc(N)c1. The van der Waals surface area contributed by atoms with Gasteiger partial charge in [0.15, 0.2) is 5.82 Å². The third-order valence-corrected chi connectivity index (χ3v) is 2.40. The lowest BCUT2D eigenvalue weighted by atomic mass is 10.2. The Bertz CT molecular complexity index is 482. The van der Waals surface area contributed by atoms with Crippen molar-refractivity contribution in [2.24, 2.45) is 0 Å². The molecule has 17 heavy (non-hydrogen) atoms. The van der Waals surface area contributed by atoms with E-state index >= 15 is 0 Å². The first-order chi connectivity index (χ1) is 8.31. The van der Waals surface area contributed by atoms with Crippen molar-refractivity contribution in [2.45, 2.75) is 13.0 Å². The maximum absolute atomic E-state index is 5.74. The second-order valence-electron chi connectivity index (χ2n) is 3.70. The van der Waals surface area contributed by atoms with Crippen LogP contribution in [0.4, 0.5) is 5.69 Å². The number of nitrogens with two attached hydrogens (primary N) is 1. The number of hydrogen-bond acceptors (Lipinski definition) is 5. The predicted octanol–water partition coefficient (Wildman–Crippen LogP) is 0.959. The molecule has 0 radical (unpaired) electrons. The van der Waals surface area contributed by atoms with Crippen LogP contribution in [0.1, 0.15) is 6.42 Å². The van der Waals surface area contributed by atoms with Crippen LogP contribution in [0.3, 0.4) is 0 Å². The van der Waals surface area contributed by atoms with Gasteiger partial charge in [0.2, 0.25) is 0 Å². The second kappa shape index (κ2) is 5.40. The van der Waals surface area contributed by atoms with Gasteiger partial charge >= 0.3 is 0 Å². The summed E-state index contributed by atoms with van der Waals surface area (Å²) in [5, 5.41) is 11.7. The summed E-state index contributed by atoms with van der Waals surface area (Å²) in [4.78, 5) is 0. The number of tetrazole rings is 1. The lowest BCUT2D eigenvalue weighted by molar-refractivity contribution is 0.189. The minimum atomic E-state index is 0.691. The number of aryl methyl sites for hydroxylation is 1. The van der Waals surface area contributed by atoms with E-state index in [4.69, 9.17) is 10.5 Å². The fraction of sp³-hybridized carbons (Fsp3) is 0.364. The molecule has 1 aromatic carbocycles. The summed E-state index contributed by atoms with van der Waals surface area (Å²) in [5.74, 6) is 0.730. The molecule has 0 fully saturated rings. The van der Waals surface area contributed by atoms with Gasteiger partial charge in [-0.2, -0.15) is 0 Å². The molecule has 2 N–H and O–H groups in total. The molecule has 0 saturated heterocycles. The molecular weight excluding hydrogens is 218 g/mol. The Kier molecular flexibility index (Phi) is 3.66. The summed E-state index contributed by atoms with van der Waals surface area (Å²) in [5.41, 5.74) is 7.36. The zero-order valence-electron chi connectivity index (χ0n) is 9.71. The summed E-state index contributed by atoms with van der Waals surface area (Å²) < 4.78 is 6.76. The number of anilines is 1. The monoisotopic (exact) mass is 233 g/mol. The van der Waals surface area contributed by atoms with Gasteiger partial charge in [-0.05, 0) is 29.0 Å². The highest BCUT2D eigenvalue weighted by Crippen LogP contribution is 2.18. The number of hydrogen-bond donors (Lipinski definition) is 1. The lowest BCUT2D eigenvalue weighted by Crippen LogP contribution is -2.05. The van der Waals surface area contributed by atoms with Crippen LogP contribution in [-0.2, 0) is 11.3 Å². The topological polar surface area (TPSA) is 78.8 Å². The van der Waals surface area contributed by atoms with Crippen LogP contribution < -0.4 is 5.73 Å². The average Bonchev–Trinajstić information content (AvgIpc) is 2.78. The number of nitrogen functional groups attached to an aromatic ring is 1. The first-order valence-corrected chi connectivity index (χ1v) is 5.42. The van der Waals surface area contributed by atoms with E-state index in [0.29, 0.717) is 12.3 Å². The zero-order valence-corrected chi connectivity index (χ0v) is 9.71. The fourth-order valence-corrected chi connectivity index (χ4v) is 1.60. The molecule has 2 aromatic rings. The number of nitrogens with zero attached hydrogens (tertiary/aromatic N) is 4. The summed E-state index contributed by atoms with van der Waals surface area (Å²) in [6, 6.07) is 7.52. The highest BCUT2D eigenvalue weighted by atomic mass is 16.5. The molecule has 1 aromatic heterocycles. The highest BCUT2D eigenvalue weighted by molar-refractivity contribution is 5.60. The Morgan fingerprint density at radius 3 is 3.06 bits per heavy atom. The van der Waals surface area contributed by atoms with Crippen LogP contribution in [-0.4, -0.2) is 33.9 Å². The van der Waals surface area contributed by atoms with Crippen molar-refractivity contribution < 1.29 is 4.74 Å². The van der Waals surface area contributed by atoms with Crippen molar-refractivity contribution in [1.29, 1.82) is 0 Å². The molecule has 0 unspecified atom stereocenters. The molecule has 0 aliphatic rings. The molecule has 6 heteroatoms. The molecule has 0 bridgehead atoms. The van der Waals surface area contributed by atoms with E-state index in [9.17, 15) is 0 Å². The molecule has 1 heterocycles. The molecule has 2 rings (SSSR count). The largest absolute Gasteiger partial charge is 0.399 e. The zero-order chi connectivity index (χ0) is 12.1. The van der Waals surface area contributed by atoms with Crippen molar-refractivity contribution in [3.05, 3.63) is 24.3 Å². The molecule has 90 valence electrons. The average molecular weight is 233 g/mol. The van der Waals surface area contributed by atoms with Gasteiger partial charge in [0.1, 0.15) is 0 Å². The van der Waals surface area contributed by atoms with Crippen LogP contribution >= 0.6 is 0 Å². The van der Waals surface area contributed by atoms with Gasteiger partial charge in [-0.1, -0.05) is 12.1 Å². The van der Waals surface area contributed by atoms with Crippen LogP contribution in [0.25, 0.3) is 11.4 Å². The Balaban J connectivity index is 2.18. The summed E-state index contributed by atoms with van der Waals surface area (Å²) in [6.07, 6.45) is 0.872. The van der Waals surface area contributed by atoms with Crippen molar-refractivity contribution in [1.82, 2.24) is 20.2 Å². The Morgan fingerprint density at radius 2 is 2.29 bits per heavy atom. The Morgan fingerprint density at radius 1 is 1.41 bits per heavy atom. The lowest BCUT2D eigenvalue weighted by Gasteiger charge is -2.04. The van der Waals surface area contributed by atoms with Crippen molar-refractivity contribution in [2.75, 3.05) is 19.5 Å². The normalized spacial score (nSPS) is 10.6. The van der Waals surface area contributed by atoms with E-state index < -0.39 is 0 Å². The number of benzene rings is 1. The summed E-state index contributed by atoms with van der Waals surface area (Å²) >= 11 is 0. The Hall–Kier alpha value is -1.95. The third-order valence-electron chi connectivity index (χ3n) is 2.40. The van der Waals surface area contributed by atoms with Crippen LogP contribution in [0.5, 0.6) is 0 Å². The molecule has 0 atom stereocenters. The molecule has 0 aliphatic carbocycles. The van der Waals surface area contributed by atoms with Crippen LogP contribution in [0, 0.1) is 0 Å². The number of rotatable bonds is 5. The summed E-state index contributed by atoms with van der Waals surface area (Å²) in [6.45, 7) is 1.42. The van der Waals surface area contributed by atoms with Crippen molar-refractivity contribution in [3.63, 3.8) is 0 Å². The number of methoxy groups -OCH3 is 1. The van der Waals surface area contributed by atoms with Crippen LogP contribution in [0.2, 0.25) is 0 Å². The highest BCUT2D eigenvalue weighted by Gasteiger charge is 2.08. The quantitative estimate of drug-likeness (QED) is 0.614. The van der Waals surface area contributed by atoms with E-state index in [1.165, 1.54) is 0 Å². The van der Waals surface area contributed by atoms with E-state index in [-0.39, 0.29) is 0 Å². The maximum Gasteiger partial charge on any atom is 0.182 e. The molecular formula is C11H15N5O. The van der Waals surface area contributed by atoms with Gasteiger partial charge in [0.05, 0.1) is 0 Å². The van der Waals surface area contributed by atoms with Gasteiger partial charge in [-0.25, -0.2) is 4.68 Å². The van der Waals surface area contributed by atoms with Gasteiger partial charge in [-0.3, -0.25) is 0 Å². The molecule has 0 aliphatic heterocycles. The van der Waals surface area contributed by atoms with E-state index in [0.717, 1.165) is 24.4 Å². The number of ether oxygens (including phenoxy) is 1. The van der Waals surface area contributed by atoms with Gasteiger partial charge < -0.3 is 10.5 Å². The van der Waals surface area contributed by atoms with Gasteiger partial charge in [-0.15, -0.1) is 5.10 Å². The second-order valence-corrected chi connectivity index (χ2v) is 3.70. The molecule has 0 spiro atoms. The molecule has 0 saturated carbocycles. The number of aromatic nitrogens is 4. The van der Waals surface area contributed by atoms with E-state index in [1.54, 1.807) is 11.8 Å². The molecule has 0 amide bonds. The Labute approximate surface area is 99.4 Å². The van der Waals surface area contributed by atoms with E-state index in [2.05, 4.69) is 15.5 Å². The maximum atomic E-state index is 5.74. The van der Waals surface area contributed by atoms with Crippen LogP contribution in [0.15, 0.2) is 24.3 Å². The minimum Gasteiger partial charge on any atom is -0.399 e.